The van der Waals surface area contributed by atoms with E-state index in [1.165, 1.54) is 21.3 Å². The van der Waals surface area contributed by atoms with Crippen molar-refractivity contribution < 1.29 is 4.79 Å². The third-order valence-electron chi connectivity index (χ3n) is 4.49. The molecule has 0 unspecified atom stereocenters. The number of thiophene rings is 1. The zero-order valence-electron chi connectivity index (χ0n) is 12.0. The van der Waals surface area contributed by atoms with Crippen LogP contribution < -0.4 is 5.56 Å². The van der Waals surface area contributed by atoms with Crippen molar-refractivity contribution in [1.29, 1.82) is 0 Å². The lowest BCUT2D eigenvalue weighted by atomic mass is 10.2. The number of fused-ring (bicyclic) bond motifs is 3. The first-order chi connectivity index (χ1) is 10.1. The third kappa shape index (κ3) is 2.09. The Morgan fingerprint density at radius 3 is 3.05 bits per heavy atom. The molecular formula is C15H17N3O2S. The van der Waals surface area contributed by atoms with E-state index in [1.807, 2.05) is 7.05 Å². The summed E-state index contributed by atoms with van der Waals surface area (Å²) in [6.45, 7) is 0.0966. The Hall–Kier alpha value is -1.69. The highest BCUT2D eigenvalue weighted by molar-refractivity contribution is 7.18. The van der Waals surface area contributed by atoms with Crippen molar-refractivity contribution in [3.8, 4) is 0 Å². The summed E-state index contributed by atoms with van der Waals surface area (Å²) in [5.41, 5.74) is 1.11. The smallest absolute Gasteiger partial charge is 0.262 e. The number of aromatic nitrogens is 2. The van der Waals surface area contributed by atoms with E-state index >= 15 is 0 Å². The molecule has 0 radical (unpaired) electrons. The van der Waals surface area contributed by atoms with Crippen LogP contribution in [0.4, 0.5) is 0 Å². The van der Waals surface area contributed by atoms with Crippen molar-refractivity contribution >= 4 is 27.5 Å². The van der Waals surface area contributed by atoms with E-state index in [-0.39, 0.29) is 18.0 Å². The van der Waals surface area contributed by atoms with Gasteiger partial charge in [0.25, 0.3) is 5.56 Å². The summed E-state index contributed by atoms with van der Waals surface area (Å²) in [4.78, 5) is 33.1. The van der Waals surface area contributed by atoms with Gasteiger partial charge in [0, 0.05) is 18.0 Å². The highest BCUT2D eigenvalue weighted by Crippen LogP contribution is 2.34. The topological polar surface area (TPSA) is 55.2 Å². The van der Waals surface area contributed by atoms with Gasteiger partial charge in [-0.3, -0.25) is 14.2 Å². The van der Waals surface area contributed by atoms with E-state index in [4.69, 9.17) is 0 Å². The maximum absolute atomic E-state index is 12.7. The van der Waals surface area contributed by atoms with Gasteiger partial charge in [0.05, 0.1) is 11.7 Å². The monoisotopic (exact) mass is 303 g/mol. The second-order valence-electron chi connectivity index (χ2n) is 5.95. The normalized spacial score (nSPS) is 17.2. The molecule has 0 atom stereocenters. The Morgan fingerprint density at radius 1 is 1.48 bits per heavy atom. The summed E-state index contributed by atoms with van der Waals surface area (Å²) in [6.07, 6.45) is 6.81. The van der Waals surface area contributed by atoms with E-state index in [0.29, 0.717) is 6.04 Å². The summed E-state index contributed by atoms with van der Waals surface area (Å²) < 4.78 is 1.47. The minimum absolute atomic E-state index is 0.00683. The Labute approximate surface area is 126 Å². The summed E-state index contributed by atoms with van der Waals surface area (Å²) in [7, 11) is 1.82. The van der Waals surface area contributed by atoms with Crippen molar-refractivity contribution in [3.05, 3.63) is 27.1 Å². The quantitative estimate of drug-likeness (QED) is 0.865. The third-order valence-corrected chi connectivity index (χ3v) is 5.69. The van der Waals surface area contributed by atoms with Crippen molar-refractivity contribution in [3.63, 3.8) is 0 Å². The molecule has 0 spiro atoms. The summed E-state index contributed by atoms with van der Waals surface area (Å²) in [6, 6.07) is 0.371. The number of aryl methyl sites for hydroxylation is 2. The Morgan fingerprint density at radius 2 is 2.29 bits per heavy atom. The predicted octanol–water partition coefficient (Wildman–Crippen LogP) is 1.57. The van der Waals surface area contributed by atoms with Crippen LogP contribution in [0.25, 0.3) is 10.2 Å². The minimum Gasteiger partial charge on any atom is -0.341 e. The van der Waals surface area contributed by atoms with Crippen LogP contribution in [-0.4, -0.2) is 33.4 Å². The van der Waals surface area contributed by atoms with Crippen LogP contribution in [0.15, 0.2) is 11.1 Å². The number of nitrogens with zero attached hydrogens (tertiary/aromatic N) is 3. The molecule has 2 heterocycles. The lowest BCUT2D eigenvalue weighted by molar-refractivity contribution is -0.131. The molecule has 6 heteroatoms. The van der Waals surface area contributed by atoms with Crippen molar-refractivity contribution in [2.45, 2.75) is 44.7 Å². The highest BCUT2D eigenvalue weighted by atomic mass is 32.1. The molecule has 0 N–H and O–H groups in total. The van der Waals surface area contributed by atoms with E-state index < -0.39 is 0 Å². The molecule has 21 heavy (non-hydrogen) atoms. The first kappa shape index (κ1) is 13.0. The average molecular weight is 303 g/mol. The molecule has 1 saturated carbocycles. The molecule has 2 aliphatic carbocycles. The fourth-order valence-electron chi connectivity index (χ4n) is 3.05. The lowest BCUT2D eigenvalue weighted by Gasteiger charge is -2.16. The summed E-state index contributed by atoms with van der Waals surface area (Å²) in [5.74, 6) is -0.00683. The molecule has 2 aliphatic rings. The standard InChI is InChI=1S/C15H17N3O2S/c1-17(9-5-6-9)12(19)7-18-8-16-14-13(15(18)20)10-3-2-4-11(10)21-14/h8-9H,2-7H2,1H3. The van der Waals surface area contributed by atoms with Gasteiger partial charge < -0.3 is 4.90 Å². The molecule has 1 amide bonds. The van der Waals surface area contributed by atoms with Gasteiger partial charge >= 0.3 is 0 Å². The van der Waals surface area contributed by atoms with Crippen LogP contribution in [0.1, 0.15) is 29.7 Å². The van der Waals surface area contributed by atoms with Gasteiger partial charge in [-0.15, -0.1) is 11.3 Å². The molecular weight excluding hydrogens is 286 g/mol. The van der Waals surface area contributed by atoms with Crippen molar-refractivity contribution in [2.75, 3.05) is 7.05 Å². The molecule has 5 nitrogen and oxygen atoms in total. The zero-order chi connectivity index (χ0) is 14.6. The summed E-state index contributed by atoms with van der Waals surface area (Å²) in [5, 5.41) is 0.747. The van der Waals surface area contributed by atoms with Gasteiger partial charge in [0.1, 0.15) is 11.4 Å². The molecule has 0 saturated heterocycles. The number of carbonyl (C=O) groups is 1. The number of hydrogen-bond acceptors (Lipinski definition) is 4. The lowest BCUT2D eigenvalue weighted by Crippen LogP contribution is -2.35. The number of carbonyl (C=O) groups excluding carboxylic acids is 1. The largest absolute Gasteiger partial charge is 0.341 e. The van der Waals surface area contributed by atoms with Crippen LogP contribution in [0.5, 0.6) is 0 Å². The molecule has 2 aromatic heterocycles. The maximum Gasteiger partial charge on any atom is 0.262 e. The van der Waals surface area contributed by atoms with E-state index in [9.17, 15) is 9.59 Å². The van der Waals surface area contributed by atoms with E-state index in [2.05, 4.69) is 4.98 Å². The number of likely N-dealkylation sites (N-methyl/N-ethyl adjacent to an activating group) is 1. The van der Waals surface area contributed by atoms with Crippen LogP contribution >= 0.6 is 11.3 Å². The SMILES string of the molecule is CN(C(=O)Cn1cnc2sc3c(c2c1=O)CCC3)C1CC1. The molecule has 0 aliphatic heterocycles. The fraction of sp³-hybridized carbons (Fsp3) is 0.533. The molecule has 1 fully saturated rings. The number of rotatable bonds is 3. The molecule has 0 aromatic carbocycles. The van der Waals surface area contributed by atoms with Gasteiger partial charge in [0.2, 0.25) is 5.91 Å². The molecule has 110 valence electrons. The average Bonchev–Trinajstić information content (AvgIpc) is 3.11. The van der Waals surface area contributed by atoms with Crippen LogP contribution in [-0.2, 0) is 24.2 Å². The second kappa shape index (κ2) is 4.66. The minimum atomic E-state index is -0.0584. The van der Waals surface area contributed by atoms with Gasteiger partial charge in [-0.05, 0) is 37.7 Å². The zero-order valence-corrected chi connectivity index (χ0v) is 12.8. The van der Waals surface area contributed by atoms with Crippen molar-refractivity contribution in [1.82, 2.24) is 14.5 Å². The predicted molar refractivity (Wildman–Crippen MR) is 81.7 cm³/mol. The number of amides is 1. The van der Waals surface area contributed by atoms with Crippen molar-refractivity contribution in [2.24, 2.45) is 0 Å². The van der Waals surface area contributed by atoms with Gasteiger partial charge in [-0.1, -0.05) is 0 Å². The maximum atomic E-state index is 12.7. The second-order valence-corrected chi connectivity index (χ2v) is 7.03. The van der Waals surface area contributed by atoms with E-state index in [0.717, 1.165) is 42.3 Å². The first-order valence-electron chi connectivity index (χ1n) is 7.40. The molecule has 0 bridgehead atoms. The van der Waals surface area contributed by atoms with E-state index in [1.54, 1.807) is 16.2 Å². The molecule has 2 aromatic rings. The Kier molecular flexibility index (Phi) is 2.89. The highest BCUT2D eigenvalue weighted by Gasteiger charge is 2.30. The van der Waals surface area contributed by atoms with Gasteiger partial charge in [-0.2, -0.15) is 0 Å². The fourth-order valence-corrected chi connectivity index (χ4v) is 4.27. The molecule has 4 rings (SSSR count). The van der Waals surface area contributed by atoms with Gasteiger partial charge in [-0.25, -0.2) is 4.98 Å². The first-order valence-corrected chi connectivity index (χ1v) is 8.22. The van der Waals surface area contributed by atoms with Crippen LogP contribution in [0, 0.1) is 0 Å². The van der Waals surface area contributed by atoms with Crippen LogP contribution in [0.3, 0.4) is 0 Å². The Bertz CT molecular complexity index is 788. The summed E-state index contributed by atoms with van der Waals surface area (Å²) >= 11 is 1.63. The number of hydrogen-bond donors (Lipinski definition) is 0. The van der Waals surface area contributed by atoms with Crippen LogP contribution in [0.2, 0.25) is 0 Å². The Balaban J connectivity index is 1.71. The van der Waals surface area contributed by atoms with Gasteiger partial charge in [0.15, 0.2) is 0 Å².